The van der Waals surface area contributed by atoms with Gasteiger partial charge in [0.1, 0.15) is 10.6 Å². The van der Waals surface area contributed by atoms with Gasteiger partial charge >= 0.3 is 0 Å². The van der Waals surface area contributed by atoms with Crippen molar-refractivity contribution in [1.82, 2.24) is 14.8 Å². The van der Waals surface area contributed by atoms with Crippen LogP contribution in [0.5, 0.6) is 5.75 Å². The van der Waals surface area contributed by atoms with E-state index in [9.17, 15) is 4.79 Å². The number of anilines is 1. The van der Waals surface area contributed by atoms with Crippen LogP contribution in [0.3, 0.4) is 0 Å². The highest BCUT2D eigenvalue weighted by atomic mass is 32.1. The van der Waals surface area contributed by atoms with Crippen LogP contribution < -0.4 is 10.1 Å². The van der Waals surface area contributed by atoms with Crippen molar-refractivity contribution >= 4 is 22.9 Å². The number of hydrogen-bond donors (Lipinski definition) is 1. The molecule has 4 aromatic rings. The van der Waals surface area contributed by atoms with Crippen molar-refractivity contribution in [3.63, 3.8) is 0 Å². The van der Waals surface area contributed by atoms with Crippen molar-refractivity contribution in [3.8, 4) is 10.9 Å². The number of carbonyl (C=O) groups excluding carboxylic acids is 1. The standard InChI is InChI=1S/C24H24N4O2S/c1-15-21(13-18-9-6-5-7-10-18)17(3)28(27-15)24-25-16(2)22(31-24)23(29)26-19-11-8-12-20(14-19)30-4/h5-12,14H,13H2,1-4H3,(H,26,29). The molecule has 1 N–H and O–H groups in total. The fourth-order valence-corrected chi connectivity index (χ4v) is 4.46. The average Bonchev–Trinajstić information content (AvgIpc) is 3.29. The van der Waals surface area contributed by atoms with E-state index in [1.807, 2.05) is 61.9 Å². The number of aromatic nitrogens is 3. The van der Waals surface area contributed by atoms with E-state index in [-0.39, 0.29) is 5.91 Å². The highest BCUT2D eigenvalue weighted by Gasteiger charge is 2.20. The molecule has 31 heavy (non-hydrogen) atoms. The summed E-state index contributed by atoms with van der Waals surface area (Å²) in [6, 6.07) is 17.6. The lowest BCUT2D eigenvalue weighted by atomic mass is 10.0. The molecule has 4 rings (SSSR count). The molecule has 6 nitrogen and oxygen atoms in total. The summed E-state index contributed by atoms with van der Waals surface area (Å²) >= 11 is 1.34. The Balaban J connectivity index is 1.60. The van der Waals surface area contributed by atoms with E-state index < -0.39 is 0 Å². The molecule has 0 atom stereocenters. The van der Waals surface area contributed by atoms with Crippen molar-refractivity contribution in [2.45, 2.75) is 27.2 Å². The van der Waals surface area contributed by atoms with Crippen LogP contribution in [0.2, 0.25) is 0 Å². The number of methoxy groups -OCH3 is 1. The van der Waals surface area contributed by atoms with Gasteiger partial charge in [-0.2, -0.15) is 5.10 Å². The monoisotopic (exact) mass is 432 g/mol. The van der Waals surface area contributed by atoms with Gasteiger partial charge in [-0.15, -0.1) is 0 Å². The fourth-order valence-electron chi connectivity index (χ4n) is 3.49. The number of aryl methyl sites for hydroxylation is 2. The van der Waals surface area contributed by atoms with Crippen molar-refractivity contribution < 1.29 is 9.53 Å². The minimum absolute atomic E-state index is 0.194. The molecule has 2 aromatic heterocycles. The maximum absolute atomic E-state index is 12.9. The van der Waals surface area contributed by atoms with Gasteiger partial charge in [0.25, 0.3) is 5.91 Å². The molecule has 0 aliphatic heterocycles. The first-order valence-corrected chi connectivity index (χ1v) is 10.8. The van der Waals surface area contributed by atoms with E-state index in [0.717, 1.165) is 17.8 Å². The summed E-state index contributed by atoms with van der Waals surface area (Å²) in [5.41, 5.74) is 5.78. The molecular formula is C24H24N4O2S. The van der Waals surface area contributed by atoms with Crippen LogP contribution in [0.25, 0.3) is 5.13 Å². The average molecular weight is 433 g/mol. The SMILES string of the molecule is COc1cccc(NC(=O)c2sc(-n3nc(C)c(Cc4ccccc4)c3C)nc2C)c1. The van der Waals surface area contributed by atoms with Crippen molar-refractivity contribution in [3.05, 3.63) is 87.7 Å². The fraction of sp³-hybridized carbons (Fsp3) is 0.208. The van der Waals surface area contributed by atoms with Gasteiger partial charge in [0, 0.05) is 29.4 Å². The molecule has 2 heterocycles. The summed E-state index contributed by atoms with van der Waals surface area (Å²) in [5, 5.41) is 8.33. The summed E-state index contributed by atoms with van der Waals surface area (Å²) in [6.45, 7) is 5.90. The molecule has 158 valence electrons. The smallest absolute Gasteiger partial charge is 0.267 e. The predicted molar refractivity (Wildman–Crippen MR) is 124 cm³/mol. The maximum Gasteiger partial charge on any atom is 0.267 e. The zero-order valence-corrected chi connectivity index (χ0v) is 18.8. The molecule has 0 spiro atoms. The van der Waals surface area contributed by atoms with Gasteiger partial charge in [0.2, 0.25) is 5.13 Å². The van der Waals surface area contributed by atoms with Crippen LogP contribution in [0.4, 0.5) is 5.69 Å². The van der Waals surface area contributed by atoms with Crippen molar-refractivity contribution in [2.75, 3.05) is 12.4 Å². The summed E-state index contributed by atoms with van der Waals surface area (Å²) in [5.74, 6) is 0.494. The lowest BCUT2D eigenvalue weighted by Gasteiger charge is -2.06. The Morgan fingerprint density at radius 2 is 1.84 bits per heavy atom. The number of ether oxygens (including phenoxy) is 1. The van der Waals surface area contributed by atoms with Crippen LogP contribution >= 0.6 is 11.3 Å². The van der Waals surface area contributed by atoms with E-state index in [4.69, 9.17) is 9.84 Å². The molecule has 0 aliphatic rings. The third-order valence-corrected chi connectivity index (χ3v) is 6.30. The first-order chi connectivity index (χ1) is 15.0. The highest BCUT2D eigenvalue weighted by molar-refractivity contribution is 7.16. The van der Waals surface area contributed by atoms with E-state index in [1.165, 1.54) is 22.5 Å². The largest absolute Gasteiger partial charge is 0.497 e. The maximum atomic E-state index is 12.9. The molecule has 0 radical (unpaired) electrons. The molecular weight excluding hydrogens is 408 g/mol. The van der Waals surface area contributed by atoms with Crippen molar-refractivity contribution in [2.24, 2.45) is 0 Å². The molecule has 0 bridgehead atoms. The Morgan fingerprint density at radius 1 is 1.06 bits per heavy atom. The number of nitrogens with one attached hydrogen (secondary N) is 1. The highest BCUT2D eigenvalue weighted by Crippen LogP contribution is 2.27. The third kappa shape index (κ3) is 4.36. The van der Waals surface area contributed by atoms with Crippen LogP contribution in [0.1, 0.15) is 37.9 Å². The number of thiazole rings is 1. The van der Waals surface area contributed by atoms with Gasteiger partial charge in [-0.3, -0.25) is 4.79 Å². The summed E-state index contributed by atoms with van der Waals surface area (Å²) < 4.78 is 7.07. The molecule has 0 saturated heterocycles. The molecule has 0 saturated carbocycles. The summed E-state index contributed by atoms with van der Waals surface area (Å²) in [6.07, 6.45) is 0.812. The number of carbonyl (C=O) groups is 1. The number of amides is 1. The van der Waals surface area contributed by atoms with Gasteiger partial charge < -0.3 is 10.1 Å². The van der Waals surface area contributed by atoms with Crippen LogP contribution in [0, 0.1) is 20.8 Å². The Kier molecular flexibility index (Phi) is 5.86. The number of nitrogens with zero attached hydrogens (tertiary/aromatic N) is 3. The second-order valence-corrected chi connectivity index (χ2v) is 8.30. The molecule has 0 fully saturated rings. The van der Waals surface area contributed by atoms with E-state index in [1.54, 1.807) is 13.2 Å². The minimum atomic E-state index is -0.194. The zero-order valence-electron chi connectivity index (χ0n) is 18.0. The second-order valence-electron chi connectivity index (χ2n) is 7.32. The van der Waals surface area contributed by atoms with Gasteiger partial charge in [-0.05, 0) is 38.5 Å². The predicted octanol–water partition coefficient (Wildman–Crippen LogP) is 5.11. The van der Waals surface area contributed by atoms with E-state index in [0.29, 0.717) is 27.1 Å². The van der Waals surface area contributed by atoms with E-state index in [2.05, 4.69) is 22.4 Å². The molecule has 1 amide bonds. The van der Waals surface area contributed by atoms with Gasteiger partial charge in [-0.25, -0.2) is 9.67 Å². The summed E-state index contributed by atoms with van der Waals surface area (Å²) in [4.78, 5) is 18.1. The number of rotatable bonds is 6. The Labute approximate surface area is 185 Å². The molecule has 0 unspecified atom stereocenters. The third-order valence-electron chi connectivity index (χ3n) is 5.17. The molecule has 2 aromatic carbocycles. The number of benzene rings is 2. The lowest BCUT2D eigenvalue weighted by Crippen LogP contribution is -2.11. The first-order valence-electron chi connectivity index (χ1n) is 9.98. The normalized spacial score (nSPS) is 10.8. The minimum Gasteiger partial charge on any atom is -0.497 e. The molecule has 7 heteroatoms. The second kappa shape index (κ2) is 8.73. The van der Waals surface area contributed by atoms with Gasteiger partial charge in [0.15, 0.2) is 0 Å². The molecule has 0 aliphatic carbocycles. The van der Waals surface area contributed by atoms with E-state index >= 15 is 0 Å². The zero-order chi connectivity index (χ0) is 22.0. The van der Waals surface area contributed by atoms with Crippen LogP contribution in [0.15, 0.2) is 54.6 Å². The topological polar surface area (TPSA) is 69.0 Å². The Morgan fingerprint density at radius 3 is 2.58 bits per heavy atom. The van der Waals surface area contributed by atoms with Gasteiger partial charge in [-0.1, -0.05) is 47.7 Å². The quantitative estimate of drug-likeness (QED) is 0.460. The Bertz CT molecular complexity index is 1230. The number of hydrogen-bond acceptors (Lipinski definition) is 5. The lowest BCUT2D eigenvalue weighted by molar-refractivity contribution is 0.103. The Hall–Kier alpha value is -3.45. The first kappa shape index (κ1) is 20.8. The van der Waals surface area contributed by atoms with Crippen LogP contribution in [-0.4, -0.2) is 27.8 Å². The van der Waals surface area contributed by atoms with Crippen LogP contribution in [-0.2, 0) is 6.42 Å². The summed E-state index contributed by atoms with van der Waals surface area (Å²) in [7, 11) is 1.60. The van der Waals surface area contributed by atoms with Gasteiger partial charge in [0.05, 0.1) is 18.5 Å². The van der Waals surface area contributed by atoms with Crippen molar-refractivity contribution in [1.29, 1.82) is 0 Å².